The van der Waals surface area contributed by atoms with Crippen LogP contribution in [0.2, 0.25) is 0 Å². The number of amides is 2. The Balaban J connectivity index is 1.68. The van der Waals surface area contributed by atoms with E-state index in [2.05, 4.69) is 11.4 Å². The maximum Gasteiger partial charge on any atom is 0.260 e. The first-order valence-electron chi connectivity index (χ1n) is 9.20. The number of nitrogens with zero attached hydrogens (tertiary/aromatic N) is 2. The highest BCUT2D eigenvalue weighted by atomic mass is 32.1. The minimum absolute atomic E-state index is 0.00837. The first kappa shape index (κ1) is 19.0. The quantitative estimate of drug-likeness (QED) is 0.716. The number of carbonyl (C=O) groups excluding carboxylic acids is 2. The highest BCUT2D eigenvalue weighted by Gasteiger charge is 2.27. The van der Waals surface area contributed by atoms with E-state index in [1.54, 1.807) is 17.9 Å². The normalized spacial score (nSPS) is 12.9. The summed E-state index contributed by atoms with van der Waals surface area (Å²) in [5.41, 5.74) is 1.82. The van der Waals surface area contributed by atoms with E-state index < -0.39 is 0 Å². The third-order valence-electron chi connectivity index (χ3n) is 5.15. The number of fused-ring (bicyclic) bond motifs is 2. The first-order valence-corrected chi connectivity index (χ1v) is 10.0. The SMILES string of the molecule is COc1cc2ccccc2cc1C(=O)Nc1sc2c(c1C#N)CCN(C(C)=O)C2. The van der Waals surface area contributed by atoms with E-state index in [1.807, 2.05) is 30.3 Å². The molecule has 2 aromatic carbocycles. The molecule has 1 aliphatic heterocycles. The molecule has 1 aromatic heterocycles. The lowest BCUT2D eigenvalue weighted by Gasteiger charge is -2.25. The van der Waals surface area contributed by atoms with Crippen LogP contribution in [0.15, 0.2) is 36.4 Å². The van der Waals surface area contributed by atoms with Crippen molar-refractivity contribution in [1.82, 2.24) is 4.90 Å². The molecule has 0 radical (unpaired) electrons. The van der Waals surface area contributed by atoms with Crippen LogP contribution in [-0.4, -0.2) is 30.4 Å². The van der Waals surface area contributed by atoms with E-state index >= 15 is 0 Å². The van der Waals surface area contributed by atoms with Crippen LogP contribution in [0.4, 0.5) is 5.00 Å². The van der Waals surface area contributed by atoms with Crippen LogP contribution in [0.3, 0.4) is 0 Å². The number of rotatable bonds is 3. The Morgan fingerprint density at radius 2 is 1.97 bits per heavy atom. The zero-order valence-corrected chi connectivity index (χ0v) is 16.9. The lowest BCUT2D eigenvalue weighted by molar-refractivity contribution is -0.129. The van der Waals surface area contributed by atoms with Crippen molar-refractivity contribution in [3.8, 4) is 11.8 Å². The summed E-state index contributed by atoms with van der Waals surface area (Å²) >= 11 is 1.36. The predicted octanol–water partition coefficient (Wildman–Crippen LogP) is 3.94. The van der Waals surface area contributed by atoms with Gasteiger partial charge in [-0.1, -0.05) is 24.3 Å². The van der Waals surface area contributed by atoms with Crippen LogP contribution in [-0.2, 0) is 17.8 Å². The van der Waals surface area contributed by atoms with Crippen LogP contribution in [0.1, 0.15) is 33.3 Å². The van der Waals surface area contributed by atoms with Crippen molar-refractivity contribution in [2.75, 3.05) is 19.0 Å². The van der Waals surface area contributed by atoms with Crippen molar-refractivity contribution < 1.29 is 14.3 Å². The summed E-state index contributed by atoms with van der Waals surface area (Å²) in [5.74, 6) is 0.156. The molecule has 3 aromatic rings. The van der Waals surface area contributed by atoms with E-state index in [4.69, 9.17) is 4.74 Å². The minimum atomic E-state index is -0.328. The van der Waals surface area contributed by atoms with Gasteiger partial charge in [0.1, 0.15) is 16.8 Å². The second kappa shape index (κ2) is 7.57. The largest absolute Gasteiger partial charge is 0.496 e. The molecule has 0 fully saturated rings. The molecular weight excluding hydrogens is 386 g/mol. The van der Waals surface area contributed by atoms with Gasteiger partial charge >= 0.3 is 0 Å². The molecule has 0 aliphatic carbocycles. The Labute approximate surface area is 172 Å². The number of benzene rings is 2. The Hall–Kier alpha value is -3.37. The molecule has 0 unspecified atom stereocenters. The molecule has 2 heterocycles. The number of anilines is 1. The van der Waals surface area contributed by atoms with E-state index in [0.29, 0.717) is 41.4 Å². The first-order chi connectivity index (χ1) is 14.0. The standard InChI is InChI=1S/C22H19N3O3S/c1-13(26)25-8-7-16-18(11-23)22(29-20(16)12-25)24-21(27)17-9-14-5-3-4-6-15(14)10-19(17)28-2/h3-6,9-10H,7-8,12H2,1-2H3,(H,24,27). The van der Waals surface area contributed by atoms with Crippen molar-refractivity contribution in [2.24, 2.45) is 0 Å². The van der Waals surface area contributed by atoms with Crippen molar-refractivity contribution >= 4 is 38.9 Å². The smallest absolute Gasteiger partial charge is 0.260 e. The van der Waals surface area contributed by atoms with Crippen molar-refractivity contribution in [1.29, 1.82) is 5.26 Å². The molecule has 0 bridgehead atoms. The molecular formula is C22H19N3O3S. The van der Waals surface area contributed by atoms with Crippen LogP contribution in [0, 0.1) is 11.3 Å². The Kier molecular flexibility index (Phi) is 4.95. The Bertz CT molecular complexity index is 1180. The summed E-state index contributed by atoms with van der Waals surface area (Å²) in [7, 11) is 1.53. The highest BCUT2D eigenvalue weighted by Crippen LogP contribution is 2.37. The summed E-state index contributed by atoms with van der Waals surface area (Å²) in [6.07, 6.45) is 0.615. The van der Waals surface area contributed by atoms with E-state index in [-0.39, 0.29) is 11.8 Å². The average molecular weight is 405 g/mol. The fourth-order valence-electron chi connectivity index (χ4n) is 3.61. The maximum absolute atomic E-state index is 13.0. The molecule has 146 valence electrons. The van der Waals surface area contributed by atoms with E-state index in [9.17, 15) is 14.9 Å². The summed E-state index contributed by atoms with van der Waals surface area (Å²) in [6.45, 7) is 2.59. The van der Waals surface area contributed by atoms with Crippen LogP contribution in [0.5, 0.6) is 5.75 Å². The number of nitrogens with one attached hydrogen (secondary N) is 1. The summed E-state index contributed by atoms with van der Waals surface area (Å²) < 4.78 is 5.42. The van der Waals surface area contributed by atoms with Gasteiger partial charge < -0.3 is 15.0 Å². The molecule has 1 N–H and O–H groups in total. The third-order valence-corrected chi connectivity index (χ3v) is 6.29. The highest BCUT2D eigenvalue weighted by molar-refractivity contribution is 7.16. The number of nitriles is 1. The third kappa shape index (κ3) is 3.43. The molecule has 7 heteroatoms. The summed E-state index contributed by atoms with van der Waals surface area (Å²) in [5, 5.41) is 15.0. The number of ether oxygens (including phenoxy) is 1. The predicted molar refractivity (Wildman–Crippen MR) is 112 cm³/mol. The topological polar surface area (TPSA) is 82.4 Å². The van der Waals surface area contributed by atoms with Gasteiger partial charge in [-0.15, -0.1) is 11.3 Å². The van der Waals surface area contributed by atoms with Crippen molar-refractivity contribution in [3.63, 3.8) is 0 Å². The second-order valence-corrected chi connectivity index (χ2v) is 7.97. The number of hydrogen-bond donors (Lipinski definition) is 1. The lowest BCUT2D eigenvalue weighted by Crippen LogP contribution is -2.33. The number of hydrogen-bond acceptors (Lipinski definition) is 5. The monoisotopic (exact) mass is 405 g/mol. The molecule has 4 rings (SSSR count). The van der Waals surface area contributed by atoms with Gasteiger partial charge in [0.25, 0.3) is 5.91 Å². The van der Waals surface area contributed by atoms with Gasteiger partial charge in [0, 0.05) is 18.3 Å². The number of carbonyl (C=O) groups is 2. The lowest BCUT2D eigenvalue weighted by atomic mass is 10.0. The summed E-state index contributed by atoms with van der Waals surface area (Å²) in [4.78, 5) is 27.4. The number of thiophene rings is 1. The van der Waals surface area contributed by atoms with Gasteiger partial charge in [0.05, 0.1) is 24.8 Å². The van der Waals surface area contributed by atoms with Crippen LogP contribution < -0.4 is 10.1 Å². The maximum atomic E-state index is 13.0. The zero-order chi connectivity index (χ0) is 20.5. The molecule has 0 saturated heterocycles. The van der Waals surface area contributed by atoms with Gasteiger partial charge in [-0.3, -0.25) is 9.59 Å². The van der Waals surface area contributed by atoms with Gasteiger partial charge in [0.2, 0.25) is 5.91 Å². The second-order valence-electron chi connectivity index (χ2n) is 6.86. The molecule has 0 spiro atoms. The zero-order valence-electron chi connectivity index (χ0n) is 16.1. The Morgan fingerprint density at radius 3 is 2.62 bits per heavy atom. The minimum Gasteiger partial charge on any atom is -0.496 e. The fraction of sp³-hybridized carbons (Fsp3) is 0.227. The van der Waals surface area contributed by atoms with Crippen LogP contribution >= 0.6 is 11.3 Å². The molecule has 6 nitrogen and oxygen atoms in total. The van der Waals surface area contributed by atoms with E-state index in [0.717, 1.165) is 21.2 Å². The van der Waals surface area contributed by atoms with E-state index in [1.165, 1.54) is 18.4 Å². The molecule has 29 heavy (non-hydrogen) atoms. The van der Waals surface area contributed by atoms with Gasteiger partial charge in [-0.05, 0) is 34.9 Å². The number of methoxy groups -OCH3 is 1. The van der Waals surface area contributed by atoms with Gasteiger partial charge in [0.15, 0.2) is 0 Å². The fourth-order valence-corrected chi connectivity index (χ4v) is 4.82. The van der Waals surface area contributed by atoms with Crippen LogP contribution in [0.25, 0.3) is 10.8 Å². The average Bonchev–Trinajstić information content (AvgIpc) is 3.08. The van der Waals surface area contributed by atoms with Gasteiger partial charge in [-0.2, -0.15) is 5.26 Å². The molecule has 2 amide bonds. The van der Waals surface area contributed by atoms with Gasteiger partial charge in [-0.25, -0.2) is 0 Å². The molecule has 0 saturated carbocycles. The van der Waals surface area contributed by atoms with Crippen molar-refractivity contribution in [3.05, 3.63) is 58.0 Å². The molecule has 0 atom stereocenters. The molecule has 1 aliphatic rings. The Morgan fingerprint density at radius 1 is 1.24 bits per heavy atom. The summed E-state index contributed by atoms with van der Waals surface area (Å²) in [6, 6.07) is 13.6. The van der Waals surface area contributed by atoms with Crippen molar-refractivity contribution in [2.45, 2.75) is 19.9 Å².